The average molecular weight is 234 g/mol. The summed E-state index contributed by atoms with van der Waals surface area (Å²) in [6, 6.07) is 10.5. The molecule has 0 saturated heterocycles. The van der Waals surface area contributed by atoms with Crippen molar-refractivity contribution in [3.8, 4) is 11.3 Å². The summed E-state index contributed by atoms with van der Waals surface area (Å²) >= 11 is 0. The lowest BCUT2D eigenvalue weighted by atomic mass is 10.0. The molecule has 2 heterocycles. The lowest BCUT2D eigenvalue weighted by Gasteiger charge is -2.07. The van der Waals surface area contributed by atoms with Gasteiger partial charge in [-0.15, -0.1) is 0 Å². The smallest absolute Gasteiger partial charge is 0.0781 e. The number of pyridine rings is 2. The highest BCUT2D eigenvalue weighted by atomic mass is 14.7. The summed E-state index contributed by atoms with van der Waals surface area (Å²) in [5.41, 5.74) is 4.72. The standard InChI is InChI=1S/C16H14N2/c1-11-7-12(2)9-14(8-11)16-15-4-5-17-10-13(15)3-6-18-16/h3-10H,1-2H3. The van der Waals surface area contributed by atoms with Crippen molar-refractivity contribution in [2.24, 2.45) is 0 Å². The van der Waals surface area contributed by atoms with Gasteiger partial charge in [0.15, 0.2) is 0 Å². The predicted octanol–water partition coefficient (Wildman–Crippen LogP) is 3.91. The van der Waals surface area contributed by atoms with E-state index in [2.05, 4.69) is 42.0 Å². The summed E-state index contributed by atoms with van der Waals surface area (Å²) in [5, 5.41) is 2.28. The van der Waals surface area contributed by atoms with Gasteiger partial charge in [0, 0.05) is 34.9 Å². The Hall–Kier alpha value is -2.22. The van der Waals surface area contributed by atoms with Crippen LogP contribution < -0.4 is 0 Å². The van der Waals surface area contributed by atoms with E-state index in [9.17, 15) is 0 Å². The highest BCUT2D eigenvalue weighted by molar-refractivity contribution is 5.93. The molecule has 0 atom stereocenters. The number of fused-ring (bicyclic) bond motifs is 1. The van der Waals surface area contributed by atoms with Crippen LogP contribution in [-0.4, -0.2) is 9.97 Å². The van der Waals surface area contributed by atoms with Gasteiger partial charge in [-0.1, -0.05) is 17.2 Å². The Balaban J connectivity index is 2.31. The first-order valence-corrected chi connectivity index (χ1v) is 6.01. The molecule has 2 heteroatoms. The number of aryl methyl sites for hydroxylation is 2. The molecule has 0 N–H and O–H groups in total. The number of nitrogens with zero attached hydrogens (tertiary/aromatic N) is 2. The number of rotatable bonds is 1. The van der Waals surface area contributed by atoms with Gasteiger partial charge in [0.2, 0.25) is 0 Å². The highest BCUT2D eigenvalue weighted by Crippen LogP contribution is 2.27. The molecule has 3 rings (SSSR count). The molecule has 2 nitrogen and oxygen atoms in total. The lowest BCUT2D eigenvalue weighted by Crippen LogP contribution is -1.88. The summed E-state index contributed by atoms with van der Waals surface area (Å²) in [7, 11) is 0. The van der Waals surface area contributed by atoms with Gasteiger partial charge in [-0.25, -0.2) is 0 Å². The molecular weight excluding hydrogens is 220 g/mol. The molecule has 0 radical (unpaired) electrons. The molecule has 0 aliphatic carbocycles. The molecular formula is C16H14N2. The van der Waals surface area contributed by atoms with Crippen LogP contribution in [0.25, 0.3) is 22.0 Å². The monoisotopic (exact) mass is 234 g/mol. The Morgan fingerprint density at radius 1 is 0.889 bits per heavy atom. The fourth-order valence-electron chi connectivity index (χ4n) is 2.36. The molecule has 0 aliphatic heterocycles. The fraction of sp³-hybridized carbons (Fsp3) is 0.125. The fourth-order valence-corrected chi connectivity index (χ4v) is 2.36. The van der Waals surface area contributed by atoms with Gasteiger partial charge >= 0.3 is 0 Å². The van der Waals surface area contributed by atoms with Crippen LogP contribution in [0.1, 0.15) is 11.1 Å². The van der Waals surface area contributed by atoms with Gasteiger partial charge in [-0.2, -0.15) is 0 Å². The molecule has 0 spiro atoms. The van der Waals surface area contributed by atoms with Crippen LogP contribution in [0.4, 0.5) is 0 Å². The van der Waals surface area contributed by atoms with Crippen molar-refractivity contribution >= 4 is 10.8 Å². The largest absolute Gasteiger partial charge is 0.264 e. The van der Waals surface area contributed by atoms with Crippen molar-refractivity contribution in [3.63, 3.8) is 0 Å². The van der Waals surface area contributed by atoms with Crippen LogP contribution in [0.2, 0.25) is 0 Å². The van der Waals surface area contributed by atoms with Crippen LogP contribution >= 0.6 is 0 Å². The first-order chi connectivity index (χ1) is 8.74. The zero-order chi connectivity index (χ0) is 12.5. The summed E-state index contributed by atoms with van der Waals surface area (Å²) in [6.45, 7) is 4.23. The van der Waals surface area contributed by atoms with Gasteiger partial charge in [-0.05, 0) is 38.1 Å². The summed E-state index contributed by atoms with van der Waals surface area (Å²) in [6.07, 6.45) is 5.54. The van der Waals surface area contributed by atoms with Gasteiger partial charge in [-0.3, -0.25) is 9.97 Å². The van der Waals surface area contributed by atoms with E-state index in [1.54, 1.807) is 0 Å². The van der Waals surface area contributed by atoms with Crippen LogP contribution in [-0.2, 0) is 0 Å². The Labute approximate surface area is 106 Å². The number of hydrogen-bond acceptors (Lipinski definition) is 2. The van der Waals surface area contributed by atoms with E-state index in [1.807, 2.05) is 30.7 Å². The van der Waals surface area contributed by atoms with Gasteiger partial charge in [0.05, 0.1) is 5.69 Å². The Morgan fingerprint density at radius 3 is 2.44 bits per heavy atom. The topological polar surface area (TPSA) is 25.8 Å². The van der Waals surface area contributed by atoms with Crippen molar-refractivity contribution < 1.29 is 0 Å². The van der Waals surface area contributed by atoms with E-state index in [-0.39, 0.29) is 0 Å². The molecule has 2 aromatic heterocycles. The van der Waals surface area contributed by atoms with Gasteiger partial charge in [0.1, 0.15) is 0 Å². The number of hydrogen-bond donors (Lipinski definition) is 0. The number of benzene rings is 1. The van der Waals surface area contributed by atoms with Crippen LogP contribution in [0.5, 0.6) is 0 Å². The maximum absolute atomic E-state index is 4.53. The first-order valence-electron chi connectivity index (χ1n) is 6.01. The highest BCUT2D eigenvalue weighted by Gasteiger charge is 2.06. The van der Waals surface area contributed by atoms with Gasteiger partial charge < -0.3 is 0 Å². The molecule has 3 aromatic rings. The van der Waals surface area contributed by atoms with Crippen molar-refractivity contribution in [2.45, 2.75) is 13.8 Å². The zero-order valence-corrected chi connectivity index (χ0v) is 10.5. The summed E-state index contributed by atoms with van der Waals surface area (Å²) in [4.78, 5) is 8.69. The van der Waals surface area contributed by atoms with Crippen molar-refractivity contribution in [2.75, 3.05) is 0 Å². The maximum atomic E-state index is 4.53. The summed E-state index contributed by atoms with van der Waals surface area (Å²) < 4.78 is 0. The van der Waals surface area contributed by atoms with E-state index >= 15 is 0 Å². The first kappa shape index (κ1) is 10.9. The third-order valence-corrected chi connectivity index (χ3v) is 3.06. The van der Waals surface area contributed by atoms with Crippen molar-refractivity contribution in [1.82, 2.24) is 9.97 Å². The minimum Gasteiger partial charge on any atom is -0.264 e. The van der Waals surface area contributed by atoms with E-state index < -0.39 is 0 Å². The Morgan fingerprint density at radius 2 is 1.67 bits per heavy atom. The predicted molar refractivity (Wildman–Crippen MR) is 74.4 cm³/mol. The molecule has 88 valence electrons. The molecule has 0 amide bonds. The minimum absolute atomic E-state index is 1.03. The second-order valence-corrected chi connectivity index (χ2v) is 4.63. The lowest BCUT2D eigenvalue weighted by molar-refractivity contribution is 1.31. The molecule has 0 unspecified atom stereocenters. The maximum Gasteiger partial charge on any atom is 0.0781 e. The zero-order valence-electron chi connectivity index (χ0n) is 10.5. The quantitative estimate of drug-likeness (QED) is 0.638. The molecule has 0 bridgehead atoms. The van der Waals surface area contributed by atoms with E-state index in [4.69, 9.17) is 0 Å². The second kappa shape index (κ2) is 4.22. The van der Waals surface area contributed by atoms with Crippen LogP contribution in [0, 0.1) is 13.8 Å². The number of aromatic nitrogens is 2. The van der Waals surface area contributed by atoms with Crippen LogP contribution in [0.15, 0.2) is 48.9 Å². The third-order valence-electron chi connectivity index (χ3n) is 3.06. The van der Waals surface area contributed by atoms with Crippen molar-refractivity contribution in [1.29, 1.82) is 0 Å². The van der Waals surface area contributed by atoms with E-state index in [1.165, 1.54) is 16.7 Å². The normalized spacial score (nSPS) is 10.8. The summed E-state index contributed by atoms with van der Waals surface area (Å²) in [5.74, 6) is 0. The molecule has 0 saturated carbocycles. The van der Waals surface area contributed by atoms with E-state index in [0.717, 1.165) is 16.5 Å². The SMILES string of the molecule is Cc1cc(C)cc(-c2nccc3cnccc23)c1. The minimum atomic E-state index is 1.03. The third kappa shape index (κ3) is 1.86. The van der Waals surface area contributed by atoms with Crippen molar-refractivity contribution in [3.05, 3.63) is 60.0 Å². The van der Waals surface area contributed by atoms with E-state index in [0.29, 0.717) is 0 Å². The molecule has 0 aliphatic rings. The average Bonchev–Trinajstić information content (AvgIpc) is 2.37. The second-order valence-electron chi connectivity index (χ2n) is 4.63. The molecule has 18 heavy (non-hydrogen) atoms. The molecule has 0 fully saturated rings. The Bertz CT molecular complexity index is 692. The molecule has 1 aromatic carbocycles. The van der Waals surface area contributed by atoms with Crippen LogP contribution in [0.3, 0.4) is 0 Å². The Kier molecular flexibility index (Phi) is 2.56. The van der Waals surface area contributed by atoms with Gasteiger partial charge in [0.25, 0.3) is 0 Å².